The number of likely N-dealkylation sites (N-methyl/N-ethyl adjacent to an activating group) is 1. The SMILES string of the molecule is Cc1nc(/C(N)=C(\CN(N)C(=N)Cc2ccc(Cl)cc2)N(C)N)ccc1OC1CCCCC1. The number of hydrazine groups is 2. The van der Waals surface area contributed by atoms with Crippen molar-refractivity contribution in [2.24, 2.45) is 17.4 Å². The molecule has 0 spiro atoms. The van der Waals surface area contributed by atoms with Crippen LogP contribution in [-0.4, -0.2) is 40.5 Å². The highest BCUT2D eigenvalue weighted by atomic mass is 35.5. The Labute approximate surface area is 200 Å². The first-order valence-electron chi connectivity index (χ1n) is 11.2. The largest absolute Gasteiger partial charge is 0.489 e. The summed E-state index contributed by atoms with van der Waals surface area (Å²) in [6.45, 7) is 2.07. The average Bonchev–Trinajstić information content (AvgIpc) is 2.80. The van der Waals surface area contributed by atoms with E-state index in [4.69, 9.17) is 39.2 Å². The van der Waals surface area contributed by atoms with E-state index in [-0.39, 0.29) is 18.5 Å². The van der Waals surface area contributed by atoms with Gasteiger partial charge in [0, 0.05) is 18.5 Å². The van der Waals surface area contributed by atoms with Crippen molar-refractivity contribution in [2.45, 2.75) is 51.6 Å². The van der Waals surface area contributed by atoms with Gasteiger partial charge in [0.2, 0.25) is 0 Å². The van der Waals surface area contributed by atoms with Gasteiger partial charge in [0.1, 0.15) is 11.6 Å². The van der Waals surface area contributed by atoms with Crippen molar-refractivity contribution >= 4 is 23.1 Å². The summed E-state index contributed by atoms with van der Waals surface area (Å²) in [5.74, 6) is 13.2. The number of halogens is 1. The van der Waals surface area contributed by atoms with Crippen molar-refractivity contribution in [1.29, 1.82) is 5.41 Å². The van der Waals surface area contributed by atoms with Crippen LogP contribution in [0.3, 0.4) is 0 Å². The molecule has 7 N–H and O–H groups in total. The molecule has 8 nitrogen and oxygen atoms in total. The van der Waals surface area contributed by atoms with Gasteiger partial charge in [0.15, 0.2) is 0 Å². The molecule has 9 heteroatoms. The summed E-state index contributed by atoms with van der Waals surface area (Å²) >= 11 is 5.94. The van der Waals surface area contributed by atoms with Crippen LogP contribution in [0, 0.1) is 12.3 Å². The smallest absolute Gasteiger partial charge is 0.140 e. The Morgan fingerprint density at radius 3 is 2.39 bits per heavy atom. The number of aromatic nitrogens is 1. The molecular weight excluding hydrogens is 438 g/mol. The van der Waals surface area contributed by atoms with E-state index in [2.05, 4.69) is 4.98 Å². The Hall–Kier alpha value is -2.81. The topological polar surface area (TPSA) is 131 Å². The molecule has 1 saturated carbocycles. The number of rotatable bonds is 8. The van der Waals surface area contributed by atoms with Gasteiger partial charge < -0.3 is 15.5 Å². The fourth-order valence-electron chi connectivity index (χ4n) is 3.87. The number of nitrogens with zero attached hydrogens (tertiary/aromatic N) is 3. The first-order chi connectivity index (χ1) is 15.7. The number of hydrogen-bond acceptors (Lipinski definition) is 7. The molecule has 1 aliphatic rings. The lowest BCUT2D eigenvalue weighted by molar-refractivity contribution is 0.153. The van der Waals surface area contributed by atoms with Crippen LogP contribution in [0.4, 0.5) is 0 Å². The molecule has 0 unspecified atom stereocenters. The Morgan fingerprint density at radius 2 is 1.79 bits per heavy atom. The number of ether oxygens (including phenoxy) is 1. The normalized spacial score (nSPS) is 15.1. The molecule has 0 aliphatic heterocycles. The minimum Gasteiger partial charge on any atom is -0.489 e. The van der Waals surface area contributed by atoms with Crippen molar-refractivity contribution in [2.75, 3.05) is 13.6 Å². The van der Waals surface area contributed by atoms with E-state index in [1.54, 1.807) is 19.2 Å². The lowest BCUT2D eigenvalue weighted by atomic mass is 9.98. The highest BCUT2D eigenvalue weighted by molar-refractivity contribution is 6.30. The fourth-order valence-corrected chi connectivity index (χ4v) is 4.00. The number of nitrogens with two attached hydrogens (primary N) is 3. The average molecular weight is 472 g/mol. The molecule has 1 aromatic carbocycles. The molecular formula is C24H34ClN7O. The zero-order chi connectivity index (χ0) is 24.0. The van der Waals surface area contributed by atoms with Crippen molar-refractivity contribution in [3.63, 3.8) is 0 Å². The lowest BCUT2D eigenvalue weighted by Gasteiger charge is -2.26. The van der Waals surface area contributed by atoms with E-state index in [1.165, 1.54) is 29.3 Å². The summed E-state index contributed by atoms with van der Waals surface area (Å²) in [5, 5.41) is 11.7. The molecule has 33 heavy (non-hydrogen) atoms. The molecule has 0 amide bonds. The third-order valence-electron chi connectivity index (χ3n) is 5.85. The van der Waals surface area contributed by atoms with Crippen LogP contribution < -0.4 is 22.2 Å². The number of nitrogens with one attached hydrogen (secondary N) is 1. The first kappa shape index (κ1) is 24.8. The third kappa shape index (κ3) is 6.83. The van der Waals surface area contributed by atoms with E-state index in [9.17, 15) is 0 Å². The van der Waals surface area contributed by atoms with Crippen molar-refractivity contribution in [1.82, 2.24) is 15.0 Å². The van der Waals surface area contributed by atoms with Crippen molar-refractivity contribution in [3.05, 3.63) is 64.1 Å². The monoisotopic (exact) mass is 471 g/mol. The summed E-state index contributed by atoms with van der Waals surface area (Å²) in [7, 11) is 1.69. The maximum Gasteiger partial charge on any atom is 0.140 e. The number of pyridine rings is 1. The Morgan fingerprint density at radius 1 is 1.12 bits per heavy atom. The number of hydrogen-bond donors (Lipinski definition) is 4. The van der Waals surface area contributed by atoms with Crippen LogP contribution >= 0.6 is 11.6 Å². The van der Waals surface area contributed by atoms with E-state index in [1.807, 2.05) is 31.2 Å². The zero-order valence-corrected chi connectivity index (χ0v) is 20.1. The maximum atomic E-state index is 8.36. The van der Waals surface area contributed by atoms with Crippen molar-refractivity contribution < 1.29 is 4.74 Å². The summed E-state index contributed by atoms with van der Waals surface area (Å²) in [5.41, 5.74) is 9.72. The summed E-state index contributed by atoms with van der Waals surface area (Å²) in [6, 6.07) is 11.1. The van der Waals surface area contributed by atoms with Crippen LogP contribution in [0.1, 0.15) is 49.1 Å². The molecule has 1 heterocycles. The van der Waals surface area contributed by atoms with Crippen LogP contribution in [0.5, 0.6) is 5.75 Å². The van der Waals surface area contributed by atoms with Crippen LogP contribution in [0.2, 0.25) is 5.02 Å². The third-order valence-corrected chi connectivity index (χ3v) is 6.10. The zero-order valence-electron chi connectivity index (χ0n) is 19.4. The molecule has 1 aliphatic carbocycles. The van der Waals surface area contributed by atoms with Gasteiger partial charge in [-0.1, -0.05) is 30.2 Å². The van der Waals surface area contributed by atoms with Crippen LogP contribution in [-0.2, 0) is 6.42 Å². The van der Waals surface area contributed by atoms with Gasteiger partial charge in [0.25, 0.3) is 0 Å². The number of aryl methyl sites for hydroxylation is 1. The van der Waals surface area contributed by atoms with Gasteiger partial charge in [-0.3, -0.25) is 10.4 Å². The standard InChI is InChI=1S/C24H34ClN7O/c1-16-22(33-19-6-4-3-5-7-19)13-12-20(30-16)24(27)21(31(2)28)15-32(29)23(26)14-17-8-10-18(25)11-9-17/h8-13,19,26H,3-7,14-15,27-29H2,1-2H3/b24-21-,26-23?. The molecule has 178 valence electrons. The van der Waals surface area contributed by atoms with Crippen LogP contribution in [0.25, 0.3) is 5.70 Å². The fraction of sp³-hybridized carbons (Fsp3) is 0.417. The van der Waals surface area contributed by atoms with Gasteiger partial charge in [-0.25, -0.2) is 16.7 Å². The van der Waals surface area contributed by atoms with E-state index >= 15 is 0 Å². The Bertz CT molecular complexity index is 985. The molecule has 2 aromatic rings. The predicted molar refractivity (Wildman–Crippen MR) is 133 cm³/mol. The minimum absolute atomic E-state index is 0.159. The van der Waals surface area contributed by atoms with Gasteiger partial charge >= 0.3 is 0 Å². The second-order valence-corrected chi connectivity index (χ2v) is 8.94. The van der Waals surface area contributed by atoms with E-state index in [0.717, 1.165) is 29.8 Å². The second-order valence-electron chi connectivity index (χ2n) is 8.51. The summed E-state index contributed by atoms with van der Waals surface area (Å²) < 4.78 is 6.17. The Balaban J connectivity index is 1.72. The summed E-state index contributed by atoms with van der Waals surface area (Å²) in [6.07, 6.45) is 6.47. The molecule has 0 bridgehead atoms. The van der Waals surface area contributed by atoms with E-state index in [0.29, 0.717) is 28.5 Å². The lowest BCUT2D eigenvalue weighted by Crippen LogP contribution is -2.43. The molecule has 1 aromatic heterocycles. The second kappa shape index (κ2) is 11.4. The quantitative estimate of drug-likeness (QED) is 0.200. The highest BCUT2D eigenvalue weighted by Crippen LogP contribution is 2.26. The van der Waals surface area contributed by atoms with Gasteiger partial charge in [-0.15, -0.1) is 0 Å². The molecule has 0 saturated heterocycles. The minimum atomic E-state index is 0.159. The molecule has 0 radical (unpaired) electrons. The maximum absolute atomic E-state index is 8.36. The van der Waals surface area contributed by atoms with Crippen LogP contribution in [0.15, 0.2) is 42.1 Å². The molecule has 0 atom stereocenters. The molecule has 1 fully saturated rings. The van der Waals surface area contributed by atoms with Crippen molar-refractivity contribution in [3.8, 4) is 5.75 Å². The molecule has 3 rings (SSSR count). The highest BCUT2D eigenvalue weighted by Gasteiger charge is 2.19. The first-order valence-corrected chi connectivity index (χ1v) is 11.6. The number of amidine groups is 1. The Kier molecular flexibility index (Phi) is 8.55. The summed E-state index contributed by atoms with van der Waals surface area (Å²) in [4.78, 5) is 4.65. The number of benzene rings is 1. The van der Waals surface area contributed by atoms with Gasteiger partial charge in [-0.2, -0.15) is 0 Å². The van der Waals surface area contributed by atoms with Gasteiger partial charge in [-0.05, 0) is 62.4 Å². The predicted octanol–water partition coefficient (Wildman–Crippen LogP) is 3.58. The van der Waals surface area contributed by atoms with E-state index < -0.39 is 0 Å². The van der Waals surface area contributed by atoms with Gasteiger partial charge in [0.05, 0.1) is 35.4 Å².